The number of fused-ring (bicyclic) bond motifs is 1. The number of hydrogen-bond donors (Lipinski definition) is 1. The first-order valence-corrected chi connectivity index (χ1v) is 6.90. The summed E-state index contributed by atoms with van der Waals surface area (Å²) in [6, 6.07) is 6.00. The van der Waals surface area contributed by atoms with Crippen LogP contribution in [0.25, 0.3) is 17.2 Å². The topological polar surface area (TPSA) is 84.7 Å². The molecule has 0 aliphatic heterocycles. The fourth-order valence-corrected chi connectivity index (χ4v) is 2.45. The Bertz CT molecular complexity index is 923. The first kappa shape index (κ1) is 12.6. The summed E-state index contributed by atoms with van der Waals surface area (Å²) in [5, 5.41) is 7.07. The molecule has 4 aromatic rings. The summed E-state index contributed by atoms with van der Waals surface area (Å²) in [6.07, 6.45) is 7.76. The zero-order chi connectivity index (χ0) is 14.9. The van der Waals surface area contributed by atoms with Gasteiger partial charge in [0.05, 0.1) is 11.2 Å². The molecule has 0 aliphatic rings. The van der Waals surface area contributed by atoms with Crippen LogP contribution < -0.4 is 0 Å². The first-order chi connectivity index (χ1) is 10.8. The Morgan fingerprint density at radius 2 is 2.00 bits per heavy atom. The van der Waals surface area contributed by atoms with Gasteiger partial charge in [0.2, 0.25) is 5.82 Å². The lowest BCUT2D eigenvalue weighted by molar-refractivity contribution is 1.02. The lowest BCUT2D eigenvalue weighted by Gasteiger charge is -1.98. The van der Waals surface area contributed by atoms with Gasteiger partial charge >= 0.3 is 0 Å². The molecule has 7 heteroatoms. The number of aromatic nitrogens is 7. The average molecular weight is 291 g/mol. The molecule has 108 valence electrons. The zero-order valence-corrected chi connectivity index (χ0v) is 11.9. The van der Waals surface area contributed by atoms with E-state index >= 15 is 0 Å². The SMILES string of the molecule is Cc1nc(-c2nc(Cc3cncnc3)c3ccccn23)n[nH]1. The second-order valence-corrected chi connectivity index (χ2v) is 5.01. The van der Waals surface area contributed by atoms with Gasteiger partial charge < -0.3 is 0 Å². The van der Waals surface area contributed by atoms with E-state index in [1.807, 2.05) is 35.7 Å². The molecule has 4 rings (SSSR count). The summed E-state index contributed by atoms with van der Waals surface area (Å²) in [5.41, 5.74) is 3.00. The highest BCUT2D eigenvalue weighted by Gasteiger charge is 2.15. The van der Waals surface area contributed by atoms with Crippen molar-refractivity contribution in [2.24, 2.45) is 0 Å². The van der Waals surface area contributed by atoms with E-state index in [1.54, 1.807) is 12.4 Å². The molecule has 0 saturated heterocycles. The summed E-state index contributed by atoms with van der Waals surface area (Å²) >= 11 is 0. The molecular formula is C15H13N7. The smallest absolute Gasteiger partial charge is 0.217 e. The number of pyridine rings is 1. The second-order valence-electron chi connectivity index (χ2n) is 5.01. The third-order valence-electron chi connectivity index (χ3n) is 3.41. The molecule has 0 aromatic carbocycles. The van der Waals surface area contributed by atoms with Crippen LogP contribution in [0.2, 0.25) is 0 Å². The monoisotopic (exact) mass is 291 g/mol. The maximum absolute atomic E-state index is 4.73. The lowest BCUT2D eigenvalue weighted by Crippen LogP contribution is -1.91. The number of H-pyrrole nitrogens is 1. The minimum atomic E-state index is 0.592. The summed E-state index contributed by atoms with van der Waals surface area (Å²) < 4.78 is 2.00. The lowest BCUT2D eigenvalue weighted by atomic mass is 10.2. The minimum absolute atomic E-state index is 0.592. The van der Waals surface area contributed by atoms with Gasteiger partial charge in [-0.3, -0.25) is 9.50 Å². The largest absolute Gasteiger partial charge is 0.297 e. The quantitative estimate of drug-likeness (QED) is 0.622. The summed E-state index contributed by atoms with van der Waals surface area (Å²) in [6.45, 7) is 1.87. The molecular weight excluding hydrogens is 278 g/mol. The van der Waals surface area contributed by atoms with Crippen molar-refractivity contribution in [1.82, 2.24) is 34.5 Å². The molecule has 0 spiro atoms. The number of aryl methyl sites for hydroxylation is 1. The fraction of sp³-hybridized carbons (Fsp3) is 0.133. The van der Waals surface area contributed by atoms with Crippen molar-refractivity contribution in [2.45, 2.75) is 13.3 Å². The first-order valence-electron chi connectivity index (χ1n) is 6.90. The van der Waals surface area contributed by atoms with Crippen LogP contribution in [0.5, 0.6) is 0 Å². The van der Waals surface area contributed by atoms with Crippen LogP contribution >= 0.6 is 0 Å². The third-order valence-corrected chi connectivity index (χ3v) is 3.41. The molecule has 0 radical (unpaired) electrons. The molecule has 0 atom stereocenters. The minimum Gasteiger partial charge on any atom is -0.297 e. The van der Waals surface area contributed by atoms with Crippen molar-refractivity contribution in [3.8, 4) is 11.6 Å². The van der Waals surface area contributed by atoms with Crippen LogP contribution in [0.4, 0.5) is 0 Å². The summed E-state index contributed by atoms with van der Waals surface area (Å²) in [7, 11) is 0. The zero-order valence-electron chi connectivity index (χ0n) is 11.9. The highest BCUT2D eigenvalue weighted by Crippen LogP contribution is 2.21. The highest BCUT2D eigenvalue weighted by atomic mass is 15.2. The molecule has 0 amide bonds. The Morgan fingerprint density at radius 3 is 2.77 bits per heavy atom. The van der Waals surface area contributed by atoms with Gasteiger partial charge in [-0.05, 0) is 24.6 Å². The summed E-state index contributed by atoms with van der Waals surface area (Å²) in [4.78, 5) is 17.2. The van der Waals surface area contributed by atoms with Crippen LogP contribution in [0, 0.1) is 6.92 Å². The van der Waals surface area contributed by atoms with E-state index in [-0.39, 0.29) is 0 Å². The van der Waals surface area contributed by atoms with E-state index < -0.39 is 0 Å². The van der Waals surface area contributed by atoms with Crippen molar-refractivity contribution >= 4 is 5.52 Å². The fourth-order valence-electron chi connectivity index (χ4n) is 2.45. The van der Waals surface area contributed by atoms with Crippen molar-refractivity contribution in [3.05, 3.63) is 60.2 Å². The molecule has 0 fully saturated rings. The highest BCUT2D eigenvalue weighted by molar-refractivity contribution is 5.62. The van der Waals surface area contributed by atoms with Crippen molar-refractivity contribution in [1.29, 1.82) is 0 Å². The molecule has 0 unspecified atom stereocenters. The van der Waals surface area contributed by atoms with Crippen molar-refractivity contribution in [2.75, 3.05) is 0 Å². The van der Waals surface area contributed by atoms with Gasteiger partial charge in [-0.1, -0.05) is 6.07 Å². The van der Waals surface area contributed by atoms with Gasteiger partial charge in [-0.25, -0.2) is 19.9 Å². The number of aromatic amines is 1. The average Bonchev–Trinajstić information content (AvgIpc) is 3.13. The van der Waals surface area contributed by atoms with Crippen molar-refractivity contribution < 1.29 is 0 Å². The maximum atomic E-state index is 4.73. The van der Waals surface area contributed by atoms with Crippen molar-refractivity contribution in [3.63, 3.8) is 0 Å². The third kappa shape index (κ3) is 2.12. The molecule has 0 aliphatic carbocycles. The number of imidazole rings is 1. The standard InChI is InChI=1S/C15H13N7/c1-10-18-14(21-20-10)15-19-12(6-11-7-16-9-17-8-11)13-4-2-3-5-22(13)15/h2-5,7-9H,6H2,1H3,(H,18,20,21). The Labute approximate surface area is 126 Å². The molecule has 4 aromatic heterocycles. The van der Waals surface area contributed by atoms with Crippen LogP contribution in [-0.2, 0) is 6.42 Å². The van der Waals surface area contributed by atoms with Gasteiger partial charge in [0.25, 0.3) is 0 Å². The predicted octanol–water partition coefficient (Wildman–Crippen LogP) is 1.81. The van der Waals surface area contributed by atoms with E-state index in [9.17, 15) is 0 Å². The van der Waals surface area contributed by atoms with E-state index in [1.165, 1.54) is 6.33 Å². The number of nitrogens with one attached hydrogen (secondary N) is 1. The van der Waals surface area contributed by atoms with Crippen LogP contribution in [-0.4, -0.2) is 34.5 Å². The van der Waals surface area contributed by atoms with Crippen LogP contribution in [0.1, 0.15) is 17.1 Å². The number of nitrogens with zero attached hydrogens (tertiary/aromatic N) is 6. The normalized spacial score (nSPS) is 11.1. The predicted molar refractivity (Wildman–Crippen MR) is 80.1 cm³/mol. The molecule has 1 N–H and O–H groups in total. The Balaban J connectivity index is 1.86. The number of rotatable bonds is 3. The van der Waals surface area contributed by atoms with E-state index in [4.69, 9.17) is 4.98 Å². The van der Waals surface area contributed by atoms with Crippen LogP contribution in [0.3, 0.4) is 0 Å². The van der Waals surface area contributed by atoms with Crippen LogP contribution in [0.15, 0.2) is 43.1 Å². The van der Waals surface area contributed by atoms with E-state index in [0.717, 1.165) is 28.4 Å². The molecule has 0 saturated carbocycles. The Kier molecular flexibility index (Phi) is 2.89. The molecule has 22 heavy (non-hydrogen) atoms. The molecule has 4 heterocycles. The van der Waals surface area contributed by atoms with Gasteiger partial charge in [0.1, 0.15) is 12.2 Å². The Hall–Kier alpha value is -3.09. The summed E-state index contributed by atoms with van der Waals surface area (Å²) in [5.74, 6) is 2.08. The van der Waals surface area contributed by atoms with Gasteiger partial charge in [-0.15, -0.1) is 0 Å². The van der Waals surface area contributed by atoms with Gasteiger partial charge in [0.15, 0.2) is 5.82 Å². The molecule has 0 bridgehead atoms. The van der Waals surface area contributed by atoms with Gasteiger partial charge in [-0.2, -0.15) is 5.10 Å². The second kappa shape index (κ2) is 5.03. The van der Waals surface area contributed by atoms with Gasteiger partial charge in [0, 0.05) is 25.0 Å². The maximum Gasteiger partial charge on any atom is 0.217 e. The number of hydrogen-bond acceptors (Lipinski definition) is 5. The van der Waals surface area contributed by atoms with E-state index in [2.05, 4.69) is 25.1 Å². The molecule has 7 nitrogen and oxygen atoms in total. The Morgan fingerprint density at radius 1 is 1.14 bits per heavy atom. The van der Waals surface area contributed by atoms with E-state index in [0.29, 0.717) is 12.2 Å².